The van der Waals surface area contributed by atoms with E-state index in [0.29, 0.717) is 5.76 Å². The van der Waals surface area contributed by atoms with Crippen molar-refractivity contribution in [3.63, 3.8) is 0 Å². The Balaban J connectivity index is 2.31. The van der Waals surface area contributed by atoms with Crippen LogP contribution in [-0.2, 0) is 4.74 Å². The smallest absolute Gasteiger partial charge is 0.394 e. The maximum Gasteiger partial charge on any atom is 0.394 e. The van der Waals surface area contributed by atoms with Crippen LogP contribution in [0.2, 0.25) is 0 Å². The van der Waals surface area contributed by atoms with Crippen molar-refractivity contribution in [2.45, 2.75) is 0 Å². The fourth-order valence-electron chi connectivity index (χ4n) is 0.988. The number of oxazole rings is 1. The minimum absolute atomic E-state index is 0.0177. The third-order valence-electron chi connectivity index (χ3n) is 1.63. The lowest BCUT2D eigenvalue weighted by molar-refractivity contribution is 0.0557. The van der Waals surface area contributed by atoms with E-state index in [4.69, 9.17) is 4.42 Å². The molecule has 0 spiro atoms. The Bertz CT molecular complexity index is 433. The van der Waals surface area contributed by atoms with Crippen molar-refractivity contribution in [1.29, 1.82) is 0 Å². The molecule has 2 aromatic heterocycles. The minimum Gasteiger partial charge on any atom is -0.462 e. The standard InChI is InChI=1S/C9H7NO3S/c1-12-9(11)8-10-5-6(13-8)7-3-2-4-14-7/h2-5H,1H3. The Morgan fingerprint density at radius 2 is 2.50 bits per heavy atom. The van der Waals surface area contributed by atoms with E-state index < -0.39 is 5.97 Å². The molecular weight excluding hydrogens is 202 g/mol. The van der Waals surface area contributed by atoms with Crippen LogP contribution in [0.5, 0.6) is 0 Å². The van der Waals surface area contributed by atoms with Gasteiger partial charge in [-0.2, -0.15) is 0 Å². The first-order valence-electron chi connectivity index (χ1n) is 3.89. The molecule has 2 aromatic rings. The molecule has 0 unspecified atom stereocenters. The second-order valence-corrected chi connectivity index (χ2v) is 3.45. The first kappa shape index (κ1) is 8.96. The van der Waals surface area contributed by atoms with E-state index >= 15 is 0 Å². The number of aromatic nitrogens is 1. The number of ether oxygens (including phenoxy) is 1. The van der Waals surface area contributed by atoms with Crippen LogP contribution in [0.15, 0.2) is 28.1 Å². The number of hydrogen-bond donors (Lipinski definition) is 0. The predicted octanol–water partition coefficient (Wildman–Crippen LogP) is 2.19. The molecule has 0 atom stereocenters. The number of hydrogen-bond acceptors (Lipinski definition) is 5. The molecule has 0 aliphatic rings. The van der Waals surface area contributed by atoms with Crippen LogP contribution in [0.4, 0.5) is 0 Å². The fraction of sp³-hybridized carbons (Fsp3) is 0.111. The van der Waals surface area contributed by atoms with Gasteiger partial charge in [-0.25, -0.2) is 9.78 Å². The van der Waals surface area contributed by atoms with Gasteiger partial charge in [-0.1, -0.05) is 6.07 Å². The molecule has 0 aliphatic heterocycles. The Morgan fingerprint density at radius 1 is 1.64 bits per heavy atom. The summed E-state index contributed by atoms with van der Waals surface area (Å²) in [5.74, 6) is 0.00380. The molecule has 2 heterocycles. The molecule has 2 rings (SSSR count). The van der Waals surface area contributed by atoms with Crippen molar-refractivity contribution in [3.8, 4) is 10.6 Å². The molecule has 0 aromatic carbocycles. The molecule has 0 aliphatic carbocycles. The monoisotopic (exact) mass is 209 g/mol. The topological polar surface area (TPSA) is 52.3 Å². The lowest BCUT2D eigenvalue weighted by atomic mass is 10.4. The molecule has 5 heteroatoms. The van der Waals surface area contributed by atoms with E-state index in [0.717, 1.165) is 4.88 Å². The number of methoxy groups -OCH3 is 1. The van der Waals surface area contributed by atoms with Crippen LogP contribution < -0.4 is 0 Å². The normalized spacial score (nSPS) is 10.1. The summed E-state index contributed by atoms with van der Waals surface area (Å²) in [5, 5.41) is 1.93. The van der Waals surface area contributed by atoms with Crippen LogP contribution in [0, 0.1) is 0 Å². The average molecular weight is 209 g/mol. The number of carbonyl (C=O) groups excluding carboxylic acids is 1. The Morgan fingerprint density at radius 3 is 3.14 bits per heavy atom. The van der Waals surface area contributed by atoms with Gasteiger partial charge in [0.05, 0.1) is 18.2 Å². The van der Waals surface area contributed by atoms with Gasteiger partial charge in [-0.15, -0.1) is 11.3 Å². The van der Waals surface area contributed by atoms with Crippen LogP contribution in [0.25, 0.3) is 10.6 Å². The van der Waals surface area contributed by atoms with E-state index in [9.17, 15) is 4.79 Å². The molecule has 0 saturated carbocycles. The van der Waals surface area contributed by atoms with Gasteiger partial charge >= 0.3 is 11.9 Å². The van der Waals surface area contributed by atoms with E-state index in [1.807, 2.05) is 17.5 Å². The summed E-state index contributed by atoms with van der Waals surface area (Å²) in [5.41, 5.74) is 0. The van der Waals surface area contributed by atoms with Crippen molar-refractivity contribution in [1.82, 2.24) is 4.98 Å². The molecule has 0 amide bonds. The summed E-state index contributed by atoms with van der Waals surface area (Å²) < 4.78 is 9.68. The van der Waals surface area contributed by atoms with Gasteiger partial charge in [-0.3, -0.25) is 0 Å². The van der Waals surface area contributed by atoms with Gasteiger partial charge in [0.15, 0.2) is 5.76 Å². The number of carbonyl (C=O) groups is 1. The summed E-state index contributed by atoms with van der Waals surface area (Å²) in [7, 11) is 1.29. The van der Waals surface area contributed by atoms with Gasteiger partial charge in [-0.05, 0) is 11.4 Å². The highest BCUT2D eigenvalue weighted by Crippen LogP contribution is 2.25. The van der Waals surface area contributed by atoms with Crippen LogP contribution in [-0.4, -0.2) is 18.1 Å². The molecule has 0 fully saturated rings. The number of nitrogens with zero attached hydrogens (tertiary/aromatic N) is 1. The summed E-state index contributed by atoms with van der Waals surface area (Å²) in [6.45, 7) is 0. The lowest BCUT2D eigenvalue weighted by Crippen LogP contribution is -2.00. The highest BCUT2D eigenvalue weighted by Gasteiger charge is 2.14. The second kappa shape index (κ2) is 3.63. The maximum absolute atomic E-state index is 11.0. The minimum atomic E-state index is -0.562. The zero-order chi connectivity index (χ0) is 9.97. The molecule has 4 nitrogen and oxygen atoms in total. The van der Waals surface area contributed by atoms with Crippen LogP contribution in [0.3, 0.4) is 0 Å². The van der Waals surface area contributed by atoms with Crippen molar-refractivity contribution in [2.75, 3.05) is 7.11 Å². The maximum atomic E-state index is 11.0. The third-order valence-corrected chi connectivity index (χ3v) is 2.51. The van der Waals surface area contributed by atoms with Gasteiger partial charge in [0, 0.05) is 0 Å². The third kappa shape index (κ3) is 1.54. The molecule has 0 bridgehead atoms. The van der Waals surface area contributed by atoms with Crippen molar-refractivity contribution >= 4 is 17.3 Å². The molecule has 0 radical (unpaired) electrons. The zero-order valence-electron chi connectivity index (χ0n) is 7.39. The van der Waals surface area contributed by atoms with Gasteiger partial charge < -0.3 is 9.15 Å². The summed E-state index contributed by atoms with van der Waals surface area (Å²) in [6, 6.07) is 3.80. The second-order valence-electron chi connectivity index (χ2n) is 2.50. The van der Waals surface area contributed by atoms with E-state index in [2.05, 4.69) is 9.72 Å². The van der Waals surface area contributed by atoms with Gasteiger partial charge in [0.2, 0.25) is 0 Å². The van der Waals surface area contributed by atoms with Gasteiger partial charge in [0.25, 0.3) is 0 Å². The highest BCUT2D eigenvalue weighted by molar-refractivity contribution is 7.13. The molecule has 14 heavy (non-hydrogen) atoms. The quantitative estimate of drug-likeness (QED) is 0.711. The van der Waals surface area contributed by atoms with E-state index in [1.54, 1.807) is 0 Å². The Hall–Kier alpha value is -1.62. The Labute approximate surface area is 84.1 Å². The lowest BCUT2D eigenvalue weighted by Gasteiger charge is -1.90. The highest BCUT2D eigenvalue weighted by atomic mass is 32.1. The van der Waals surface area contributed by atoms with Crippen molar-refractivity contribution < 1.29 is 13.9 Å². The predicted molar refractivity (Wildman–Crippen MR) is 51.2 cm³/mol. The molecule has 72 valence electrons. The van der Waals surface area contributed by atoms with Gasteiger partial charge in [0.1, 0.15) is 0 Å². The summed E-state index contributed by atoms with van der Waals surface area (Å²) >= 11 is 1.52. The van der Waals surface area contributed by atoms with Crippen LogP contribution in [0.1, 0.15) is 10.7 Å². The summed E-state index contributed by atoms with van der Waals surface area (Å²) in [6.07, 6.45) is 1.51. The van der Waals surface area contributed by atoms with Crippen molar-refractivity contribution in [3.05, 3.63) is 29.6 Å². The van der Waals surface area contributed by atoms with E-state index in [-0.39, 0.29) is 5.89 Å². The largest absolute Gasteiger partial charge is 0.462 e. The number of thiophene rings is 1. The van der Waals surface area contributed by atoms with E-state index in [1.165, 1.54) is 24.6 Å². The Kier molecular flexibility index (Phi) is 2.32. The average Bonchev–Trinajstić information content (AvgIpc) is 2.86. The molecule has 0 saturated heterocycles. The van der Waals surface area contributed by atoms with Crippen molar-refractivity contribution in [2.24, 2.45) is 0 Å². The van der Waals surface area contributed by atoms with Crippen LogP contribution >= 0.6 is 11.3 Å². The first-order chi connectivity index (χ1) is 6.81. The zero-order valence-corrected chi connectivity index (χ0v) is 8.21. The molecule has 0 N–H and O–H groups in total. The number of rotatable bonds is 2. The fourth-order valence-corrected chi connectivity index (χ4v) is 1.66. The molecular formula is C9H7NO3S. The summed E-state index contributed by atoms with van der Waals surface area (Å²) in [4.78, 5) is 15.8. The number of esters is 1. The SMILES string of the molecule is COC(=O)c1ncc(-c2cccs2)o1. The first-order valence-corrected chi connectivity index (χ1v) is 4.77.